The highest BCUT2D eigenvalue weighted by Gasteiger charge is 2.13. The molecule has 0 aromatic heterocycles. The lowest BCUT2D eigenvalue weighted by molar-refractivity contribution is 0.280. The summed E-state index contributed by atoms with van der Waals surface area (Å²) in [4.78, 5) is 2.28. The van der Waals surface area contributed by atoms with Crippen LogP contribution in [0.15, 0.2) is 36.4 Å². The van der Waals surface area contributed by atoms with Gasteiger partial charge >= 0.3 is 0 Å². The summed E-state index contributed by atoms with van der Waals surface area (Å²) in [5.74, 6) is 0. The maximum atomic E-state index is 5.64. The first-order valence-electron chi connectivity index (χ1n) is 6.98. The largest absolute Gasteiger partial charge is 0.330 e. The van der Waals surface area contributed by atoms with Crippen molar-refractivity contribution in [3.63, 3.8) is 0 Å². The van der Waals surface area contributed by atoms with Crippen LogP contribution < -0.4 is 5.73 Å². The van der Waals surface area contributed by atoms with Gasteiger partial charge in [-0.1, -0.05) is 35.9 Å². The molecule has 0 radical (unpaired) electrons. The van der Waals surface area contributed by atoms with Crippen molar-refractivity contribution in [1.29, 1.82) is 0 Å². The molecule has 0 spiro atoms. The average molecular weight is 256 g/mol. The summed E-state index contributed by atoms with van der Waals surface area (Å²) in [6.45, 7) is 2.90. The van der Waals surface area contributed by atoms with Gasteiger partial charge in [0.25, 0.3) is 0 Å². The SMILES string of the molecule is Cc1ccc2cc(C(CCCN)N(C)C)ccc2c1. The lowest BCUT2D eigenvalue weighted by Crippen LogP contribution is -2.20. The van der Waals surface area contributed by atoms with Gasteiger partial charge in [0.15, 0.2) is 0 Å². The van der Waals surface area contributed by atoms with Gasteiger partial charge in [0.1, 0.15) is 0 Å². The van der Waals surface area contributed by atoms with E-state index in [9.17, 15) is 0 Å². The van der Waals surface area contributed by atoms with Crippen LogP contribution in [0.5, 0.6) is 0 Å². The van der Waals surface area contributed by atoms with E-state index in [1.54, 1.807) is 0 Å². The van der Waals surface area contributed by atoms with Crippen LogP contribution in [0, 0.1) is 6.92 Å². The van der Waals surface area contributed by atoms with Crippen LogP contribution in [0.1, 0.15) is 30.0 Å². The fourth-order valence-electron chi connectivity index (χ4n) is 2.63. The normalized spacial score (nSPS) is 13.1. The fraction of sp³-hybridized carbons (Fsp3) is 0.412. The first-order chi connectivity index (χ1) is 9.11. The Kier molecular flexibility index (Phi) is 4.56. The van der Waals surface area contributed by atoms with Gasteiger partial charge in [-0.15, -0.1) is 0 Å². The molecule has 2 nitrogen and oxygen atoms in total. The molecule has 2 aromatic rings. The van der Waals surface area contributed by atoms with Crippen molar-refractivity contribution in [1.82, 2.24) is 4.90 Å². The third-order valence-electron chi connectivity index (χ3n) is 3.71. The van der Waals surface area contributed by atoms with Gasteiger partial charge in [-0.25, -0.2) is 0 Å². The van der Waals surface area contributed by atoms with E-state index in [0.29, 0.717) is 6.04 Å². The van der Waals surface area contributed by atoms with Gasteiger partial charge in [0, 0.05) is 6.04 Å². The van der Waals surface area contributed by atoms with E-state index in [1.807, 2.05) is 0 Å². The highest BCUT2D eigenvalue weighted by molar-refractivity contribution is 5.83. The molecule has 2 aromatic carbocycles. The predicted molar refractivity (Wildman–Crippen MR) is 83.4 cm³/mol. The molecule has 1 atom stereocenters. The summed E-state index contributed by atoms with van der Waals surface area (Å²) in [5.41, 5.74) is 8.34. The van der Waals surface area contributed by atoms with Crippen LogP contribution >= 0.6 is 0 Å². The molecule has 0 aliphatic carbocycles. The number of fused-ring (bicyclic) bond motifs is 1. The second-order valence-electron chi connectivity index (χ2n) is 5.52. The van der Waals surface area contributed by atoms with Crippen LogP contribution in [0.25, 0.3) is 10.8 Å². The second kappa shape index (κ2) is 6.18. The molecule has 2 rings (SSSR count). The quantitative estimate of drug-likeness (QED) is 0.887. The first kappa shape index (κ1) is 14.0. The molecule has 102 valence electrons. The van der Waals surface area contributed by atoms with Crippen LogP contribution in [0.4, 0.5) is 0 Å². The number of hydrogen-bond acceptors (Lipinski definition) is 2. The minimum Gasteiger partial charge on any atom is -0.330 e. The van der Waals surface area contributed by atoms with Gasteiger partial charge < -0.3 is 10.6 Å². The zero-order chi connectivity index (χ0) is 13.8. The Labute approximate surface area is 116 Å². The molecule has 2 heteroatoms. The maximum absolute atomic E-state index is 5.64. The standard InChI is InChI=1S/C17H24N2/c1-13-6-7-15-12-16(9-8-14(15)11-13)17(19(2)3)5-4-10-18/h6-9,11-12,17H,4-5,10,18H2,1-3H3. The molecule has 0 amide bonds. The Balaban J connectivity index is 2.34. The van der Waals surface area contributed by atoms with Gasteiger partial charge in [0.05, 0.1) is 0 Å². The third-order valence-corrected chi connectivity index (χ3v) is 3.71. The van der Waals surface area contributed by atoms with Crippen molar-refractivity contribution in [3.8, 4) is 0 Å². The highest BCUT2D eigenvalue weighted by Crippen LogP contribution is 2.27. The fourth-order valence-corrected chi connectivity index (χ4v) is 2.63. The summed E-state index contributed by atoms with van der Waals surface area (Å²) in [5, 5.41) is 2.64. The Bertz CT molecular complexity index is 546. The zero-order valence-electron chi connectivity index (χ0n) is 12.2. The maximum Gasteiger partial charge on any atom is 0.0342 e. The third kappa shape index (κ3) is 3.34. The number of nitrogens with zero attached hydrogens (tertiary/aromatic N) is 1. The molecule has 0 fully saturated rings. The lowest BCUT2D eigenvalue weighted by Gasteiger charge is -2.25. The molecular weight excluding hydrogens is 232 g/mol. The summed E-state index contributed by atoms with van der Waals surface area (Å²) in [7, 11) is 4.28. The molecule has 0 heterocycles. The summed E-state index contributed by atoms with van der Waals surface area (Å²) < 4.78 is 0. The van der Waals surface area contributed by atoms with Crippen molar-refractivity contribution in [2.45, 2.75) is 25.8 Å². The molecule has 0 saturated carbocycles. The van der Waals surface area contributed by atoms with E-state index in [2.05, 4.69) is 62.3 Å². The number of nitrogens with two attached hydrogens (primary N) is 1. The monoisotopic (exact) mass is 256 g/mol. The van der Waals surface area contributed by atoms with Gasteiger partial charge in [-0.2, -0.15) is 0 Å². The predicted octanol–water partition coefficient (Wildman–Crippen LogP) is 3.49. The van der Waals surface area contributed by atoms with Crippen LogP contribution in [-0.2, 0) is 0 Å². The van der Waals surface area contributed by atoms with Crippen molar-refractivity contribution in [2.75, 3.05) is 20.6 Å². The average Bonchev–Trinajstić information content (AvgIpc) is 2.39. The topological polar surface area (TPSA) is 29.3 Å². The Hall–Kier alpha value is -1.38. The van der Waals surface area contributed by atoms with E-state index in [4.69, 9.17) is 5.73 Å². The molecule has 0 aliphatic heterocycles. The minimum atomic E-state index is 0.453. The summed E-state index contributed by atoms with van der Waals surface area (Å²) >= 11 is 0. The highest BCUT2D eigenvalue weighted by atomic mass is 15.1. The van der Waals surface area contributed by atoms with Crippen LogP contribution in [0.2, 0.25) is 0 Å². The van der Waals surface area contributed by atoms with Gasteiger partial charge in [-0.3, -0.25) is 0 Å². The van der Waals surface area contributed by atoms with E-state index in [0.717, 1.165) is 19.4 Å². The minimum absolute atomic E-state index is 0.453. The van der Waals surface area contributed by atoms with E-state index >= 15 is 0 Å². The summed E-state index contributed by atoms with van der Waals surface area (Å²) in [6, 6.07) is 13.9. The van der Waals surface area contributed by atoms with E-state index in [-0.39, 0.29) is 0 Å². The second-order valence-corrected chi connectivity index (χ2v) is 5.52. The van der Waals surface area contributed by atoms with E-state index < -0.39 is 0 Å². The molecule has 1 unspecified atom stereocenters. The smallest absolute Gasteiger partial charge is 0.0342 e. The summed E-state index contributed by atoms with van der Waals surface area (Å²) in [6.07, 6.45) is 2.18. The van der Waals surface area contributed by atoms with Crippen molar-refractivity contribution >= 4 is 10.8 Å². The first-order valence-corrected chi connectivity index (χ1v) is 6.98. The lowest BCUT2D eigenvalue weighted by atomic mass is 9.97. The Morgan fingerprint density at radius 2 is 1.74 bits per heavy atom. The van der Waals surface area contributed by atoms with Gasteiger partial charge in [-0.05, 0) is 62.8 Å². The number of benzene rings is 2. The Morgan fingerprint density at radius 1 is 1.05 bits per heavy atom. The van der Waals surface area contributed by atoms with Crippen LogP contribution in [-0.4, -0.2) is 25.5 Å². The molecule has 0 aliphatic rings. The van der Waals surface area contributed by atoms with Crippen molar-refractivity contribution in [2.24, 2.45) is 5.73 Å². The molecule has 0 bridgehead atoms. The number of rotatable bonds is 5. The molecule has 2 N–H and O–H groups in total. The number of aryl methyl sites for hydroxylation is 1. The zero-order valence-corrected chi connectivity index (χ0v) is 12.2. The van der Waals surface area contributed by atoms with Gasteiger partial charge in [0.2, 0.25) is 0 Å². The molecular formula is C17H24N2. The van der Waals surface area contributed by atoms with Crippen molar-refractivity contribution < 1.29 is 0 Å². The number of hydrogen-bond donors (Lipinski definition) is 1. The van der Waals surface area contributed by atoms with E-state index in [1.165, 1.54) is 21.9 Å². The van der Waals surface area contributed by atoms with Crippen LogP contribution in [0.3, 0.4) is 0 Å². The molecule has 0 saturated heterocycles. The molecule has 19 heavy (non-hydrogen) atoms. The Morgan fingerprint density at radius 3 is 2.42 bits per heavy atom. The van der Waals surface area contributed by atoms with Crippen molar-refractivity contribution in [3.05, 3.63) is 47.5 Å².